The topological polar surface area (TPSA) is 69.4 Å². The average molecular weight is 415 g/mol. The van der Waals surface area contributed by atoms with Gasteiger partial charge in [-0.1, -0.05) is 23.9 Å². The summed E-state index contributed by atoms with van der Waals surface area (Å²) in [6.45, 7) is 0. The van der Waals surface area contributed by atoms with E-state index in [0.29, 0.717) is 15.4 Å². The summed E-state index contributed by atoms with van der Waals surface area (Å²) in [4.78, 5) is 23.5. The van der Waals surface area contributed by atoms with Gasteiger partial charge in [-0.15, -0.1) is 0 Å². The van der Waals surface area contributed by atoms with Crippen molar-refractivity contribution in [3.8, 4) is 0 Å². The molecule has 0 aromatic heterocycles. The molecule has 0 unspecified atom stereocenters. The molecular weight excluding hydrogens is 405 g/mol. The molecule has 2 rings (SSSR count). The van der Waals surface area contributed by atoms with Crippen LogP contribution in [-0.4, -0.2) is 18.0 Å². The molecule has 0 fully saturated rings. The summed E-state index contributed by atoms with van der Waals surface area (Å²) in [5.74, 6) is -0.466. The lowest BCUT2D eigenvalue weighted by Crippen LogP contribution is -2.02. The molecule has 0 spiro atoms. The van der Waals surface area contributed by atoms with Gasteiger partial charge in [0.2, 0.25) is 0 Å². The van der Waals surface area contributed by atoms with Crippen LogP contribution in [0.3, 0.4) is 0 Å². The first-order chi connectivity index (χ1) is 10.0. The predicted molar refractivity (Wildman–Crippen MR) is 87.7 cm³/mol. The van der Waals surface area contributed by atoms with Gasteiger partial charge in [-0.3, -0.25) is 10.1 Å². The summed E-state index contributed by atoms with van der Waals surface area (Å²) >= 11 is 3.20. The summed E-state index contributed by atoms with van der Waals surface area (Å²) in [7, 11) is 1.30. The standard InChI is InChI=1S/C14H10INO4S/c1-20-14(17)10-4-2-3-5-12(10)21-13-7-6-9(15)8-11(13)16(18)19/h2-8H,1H3. The number of nitrogens with zero attached hydrogens (tertiary/aromatic N) is 1. The number of benzene rings is 2. The third-order valence-electron chi connectivity index (χ3n) is 2.63. The molecule has 2 aromatic rings. The highest BCUT2D eigenvalue weighted by Crippen LogP contribution is 2.37. The van der Waals surface area contributed by atoms with Gasteiger partial charge in [0.05, 0.1) is 22.5 Å². The molecular formula is C14H10INO4S. The SMILES string of the molecule is COC(=O)c1ccccc1Sc1ccc(I)cc1[N+](=O)[O-]. The van der Waals surface area contributed by atoms with Crippen LogP contribution in [0.4, 0.5) is 5.69 Å². The number of hydrogen-bond donors (Lipinski definition) is 0. The molecule has 108 valence electrons. The van der Waals surface area contributed by atoms with Crippen molar-refractivity contribution in [3.63, 3.8) is 0 Å². The van der Waals surface area contributed by atoms with Gasteiger partial charge in [-0.2, -0.15) is 0 Å². The smallest absolute Gasteiger partial charge is 0.339 e. The molecule has 0 saturated carbocycles. The fourth-order valence-electron chi connectivity index (χ4n) is 1.67. The average Bonchev–Trinajstić information content (AvgIpc) is 2.48. The van der Waals surface area contributed by atoms with E-state index in [9.17, 15) is 14.9 Å². The van der Waals surface area contributed by atoms with Crippen LogP contribution in [0, 0.1) is 13.7 Å². The number of carbonyl (C=O) groups is 1. The quantitative estimate of drug-likeness (QED) is 0.325. The summed E-state index contributed by atoms with van der Waals surface area (Å²) in [6, 6.07) is 11.8. The van der Waals surface area contributed by atoms with Gasteiger partial charge in [0.15, 0.2) is 0 Å². The Morgan fingerprint density at radius 3 is 2.62 bits per heavy atom. The van der Waals surface area contributed by atoms with Crippen molar-refractivity contribution in [1.82, 2.24) is 0 Å². The van der Waals surface area contributed by atoms with E-state index in [4.69, 9.17) is 4.74 Å². The zero-order valence-corrected chi connectivity index (χ0v) is 13.9. The summed E-state index contributed by atoms with van der Waals surface area (Å²) < 4.78 is 5.51. The first-order valence-electron chi connectivity index (χ1n) is 5.82. The Labute approximate surface area is 139 Å². The minimum atomic E-state index is -0.466. The lowest BCUT2D eigenvalue weighted by Gasteiger charge is -2.08. The fraction of sp³-hybridized carbons (Fsp3) is 0.0714. The lowest BCUT2D eigenvalue weighted by atomic mass is 10.2. The molecule has 0 bridgehead atoms. The van der Waals surface area contributed by atoms with Crippen molar-refractivity contribution in [1.29, 1.82) is 0 Å². The molecule has 0 N–H and O–H groups in total. The van der Waals surface area contributed by atoms with E-state index in [-0.39, 0.29) is 5.69 Å². The van der Waals surface area contributed by atoms with Crippen LogP contribution in [0.5, 0.6) is 0 Å². The monoisotopic (exact) mass is 415 g/mol. The van der Waals surface area contributed by atoms with Crippen molar-refractivity contribution in [3.05, 3.63) is 61.7 Å². The van der Waals surface area contributed by atoms with Crippen molar-refractivity contribution >= 4 is 46.0 Å². The second kappa shape index (κ2) is 6.90. The van der Waals surface area contributed by atoms with Crippen molar-refractivity contribution < 1.29 is 14.5 Å². The largest absolute Gasteiger partial charge is 0.465 e. The van der Waals surface area contributed by atoms with Crippen molar-refractivity contribution in [2.75, 3.05) is 7.11 Å². The lowest BCUT2D eigenvalue weighted by molar-refractivity contribution is -0.387. The van der Waals surface area contributed by atoms with Crippen molar-refractivity contribution in [2.45, 2.75) is 9.79 Å². The minimum Gasteiger partial charge on any atom is -0.465 e. The zero-order chi connectivity index (χ0) is 15.4. The van der Waals surface area contributed by atoms with Gasteiger partial charge >= 0.3 is 5.97 Å². The van der Waals surface area contributed by atoms with E-state index in [2.05, 4.69) is 0 Å². The van der Waals surface area contributed by atoms with E-state index in [1.165, 1.54) is 24.9 Å². The molecule has 5 nitrogen and oxygen atoms in total. The molecule has 0 amide bonds. The Kier molecular flexibility index (Phi) is 5.18. The van der Waals surface area contributed by atoms with Crippen LogP contribution in [0.1, 0.15) is 10.4 Å². The highest BCUT2D eigenvalue weighted by Gasteiger charge is 2.18. The fourth-order valence-corrected chi connectivity index (χ4v) is 3.17. The first kappa shape index (κ1) is 15.8. The van der Waals surface area contributed by atoms with Crippen LogP contribution >= 0.6 is 34.4 Å². The Balaban J connectivity index is 2.44. The number of hydrogen-bond acceptors (Lipinski definition) is 5. The van der Waals surface area contributed by atoms with Crippen LogP contribution in [0.25, 0.3) is 0 Å². The number of rotatable bonds is 4. The molecule has 0 heterocycles. The Hall–Kier alpha value is -1.61. The van der Waals surface area contributed by atoms with E-state index < -0.39 is 10.9 Å². The van der Waals surface area contributed by atoms with Gasteiger partial charge < -0.3 is 4.74 Å². The predicted octanol–water partition coefficient (Wildman–Crippen LogP) is 4.14. The zero-order valence-electron chi connectivity index (χ0n) is 10.9. The van der Waals surface area contributed by atoms with Crippen LogP contribution < -0.4 is 0 Å². The molecule has 21 heavy (non-hydrogen) atoms. The normalized spacial score (nSPS) is 10.2. The van der Waals surface area contributed by atoms with Crippen LogP contribution in [-0.2, 0) is 4.74 Å². The Morgan fingerprint density at radius 1 is 1.24 bits per heavy atom. The molecule has 0 aliphatic heterocycles. The third-order valence-corrected chi connectivity index (χ3v) is 4.44. The molecule has 2 aromatic carbocycles. The van der Waals surface area contributed by atoms with Crippen LogP contribution in [0.15, 0.2) is 52.3 Å². The van der Waals surface area contributed by atoms with Crippen LogP contribution in [0.2, 0.25) is 0 Å². The number of methoxy groups -OCH3 is 1. The molecule has 0 aliphatic rings. The summed E-state index contributed by atoms with van der Waals surface area (Å²) in [5.41, 5.74) is 0.407. The molecule has 7 heteroatoms. The van der Waals surface area contributed by atoms with Gasteiger partial charge in [0.1, 0.15) is 0 Å². The van der Waals surface area contributed by atoms with Crippen molar-refractivity contribution in [2.24, 2.45) is 0 Å². The Bertz CT molecular complexity index is 705. The number of ether oxygens (including phenoxy) is 1. The van der Waals surface area contributed by atoms with Gasteiger partial charge in [-0.25, -0.2) is 4.79 Å². The van der Waals surface area contributed by atoms with E-state index >= 15 is 0 Å². The molecule has 0 atom stereocenters. The highest BCUT2D eigenvalue weighted by molar-refractivity contribution is 14.1. The third kappa shape index (κ3) is 3.73. The Morgan fingerprint density at radius 2 is 1.95 bits per heavy atom. The molecule has 0 aliphatic carbocycles. The van der Waals surface area contributed by atoms with Gasteiger partial charge in [0, 0.05) is 14.5 Å². The summed E-state index contributed by atoms with van der Waals surface area (Å²) in [5, 5.41) is 11.1. The van der Waals surface area contributed by atoms with E-state index in [1.54, 1.807) is 36.4 Å². The number of esters is 1. The first-order valence-corrected chi connectivity index (χ1v) is 7.71. The second-order valence-corrected chi connectivity index (χ2v) is 6.29. The maximum absolute atomic E-state index is 11.7. The maximum Gasteiger partial charge on any atom is 0.339 e. The maximum atomic E-state index is 11.7. The number of nitro groups is 1. The van der Waals surface area contributed by atoms with Gasteiger partial charge in [-0.05, 0) is 46.9 Å². The molecule has 0 radical (unpaired) electrons. The minimum absolute atomic E-state index is 0.0200. The number of nitro benzene ring substituents is 1. The van der Waals surface area contributed by atoms with E-state index in [0.717, 1.165) is 3.57 Å². The highest BCUT2D eigenvalue weighted by atomic mass is 127. The van der Waals surface area contributed by atoms with Gasteiger partial charge in [0.25, 0.3) is 5.69 Å². The number of halogens is 1. The second-order valence-electron chi connectivity index (χ2n) is 3.96. The number of carbonyl (C=O) groups excluding carboxylic acids is 1. The van der Waals surface area contributed by atoms with E-state index in [1.807, 2.05) is 22.6 Å². The molecule has 0 saturated heterocycles. The summed E-state index contributed by atoms with van der Waals surface area (Å²) in [6.07, 6.45) is 0.